The van der Waals surface area contributed by atoms with Crippen molar-refractivity contribution in [1.29, 1.82) is 0 Å². The Labute approximate surface area is 167 Å². The summed E-state index contributed by atoms with van der Waals surface area (Å²) in [6.07, 6.45) is 3.80. The molecule has 2 aliphatic heterocycles. The lowest BCUT2D eigenvalue weighted by Gasteiger charge is -2.38. The zero-order valence-corrected chi connectivity index (χ0v) is 16.8. The summed E-state index contributed by atoms with van der Waals surface area (Å²) in [4.78, 5) is 2.23. The van der Waals surface area contributed by atoms with Gasteiger partial charge in [0.2, 0.25) is 10.0 Å². The van der Waals surface area contributed by atoms with E-state index in [0.29, 0.717) is 12.5 Å². The lowest BCUT2D eigenvalue weighted by Crippen LogP contribution is -2.46. The molecular weight excluding hydrogens is 375 g/mol. The van der Waals surface area contributed by atoms with Crippen LogP contribution < -0.4 is 0 Å². The van der Waals surface area contributed by atoms with Gasteiger partial charge < -0.3 is 0 Å². The Bertz CT molecular complexity index is 904. The van der Waals surface area contributed by atoms with Gasteiger partial charge in [-0.1, -0.05) is 42.5 Å². The molecule has 4 nitrogen and oxygen atoms in total. The second-order valence-corrected chi connectivity index (χ2v) is 9.74. The van der Waals surface area contributed by atoms with Gasteiger partial charge in [-0.3, -0.25) is 4.90 Å². The highest BCUT2D eigenvalue weighted by Crippen LogP contribution is 2.35. The topological polar surface area (TPSA) is 40.6 Å². The molecule has 28 heavy (non-hydrogen) atoms. The van der Waals surface area contributed by atoms with Crippen molar-refractivity contribution in [3.8, 4) is 0 Å². The molecule has 0 radical (unpaired) electrons. The first-order valence-corrected chi connectivity index (χ1v) is 11.5. The molecule has 0 amide bonds. The summed E-state index contributed by atoms with van der Waals surface area (Å²) in [7, 11) is -3.80. The first kappa shape index (κ1) is 19.6. The Kier molecular flexibility index (Phi) is 5.80. The zero-order valence-electron chi connectivity index (χ0n) is 16.0. The zero-order chi connectivity index (χ0) is 19.6. The minimum Gasteiger partial charge on any atom is -0.299 e. The Morgan fingerprint density at radius 1 is 0.929 bits per heavy atom. The second kappa shape index (κ2) is 8.31. The predicted octanol–water partition coefficient (Wildman–Crippen LogP) is 3.89. The van der Waals surface area contributed by atoms with E-state index in [1.54, 1.807) is 10.4 Å². The molecule has 0 aliphatic carbocycles. The first-order chi connectivity index (χ1) is 13.6. The van der Waals surface area contributed by atoms with E-state index in [1.807, 2.05) is 6.07 Å². The van der Waals surface area contributed by atoms with Gasteiger partial charge in [0.15, 0.2) is 0 Å². The number of piperidine rings is 1. The number of nitrogens with zero attached hydrogens (tertiary/aromatic N) is 2. The van der Waals surface area contributed by atoms with Gasteiger partial charge >= 0.3 is 0 Å². The highest BCUT2D eigenvalue weighted by atomic mass is 32.2. The van der Waals surface area contributed by atoms with E-state index >= 15 is 0 Å². The smallest absolute Gasteiger partial charge is 0.246 e. The molecule has 4 rings (SSSR count). The van der Waals surface area contributed by atoms with Gasteiger partial charge in [0.05, 0.1) is 0 Å². The van der Waals surface area contributed by atoms with E-state index < -0.39 is 15.8 Å². The molecule has 2 aromatic rings. The largest absolute Gasteiger partial charge is 0.299 e. The van der Waals surface area contributed by atoms with Crippen LogP contribution >= 0.6 is 0 Å². The fourth-order valence-corrected chi connectivity index (χ4v) is 6.53. The van der Waals surface area contributed by atoms with Gasteiger partial charge in [-0.25, -0.2) is 12.8 Å². The molecule has 6 heteroatoms. The number of likely N-dealkylation sites (tertiary alicyclic amines) is 1. The predicted molar refractivity (Wildman–Crippen MR) is 108 cm³/mol. The van der Waals surface area contributed by atoms with Crippen molar-refractivity contribution in [2.75, 3.05) is 19.6 Å². The van der Waals surface area contributed by atoms with Crippen LogP contribution in [0, 0.1) is 11.7 Å². The normalized spacial score (nSPS) is 24.5. The number of sulfonamides is 1. The van der Waals surface area contributed by atoms with Crippen molar-refractivity contribution in [3.63, 3.8) is 0 Å². The van der Waals surface area contributed by atoms with Crippen LogP contribution in [0.5, 0.6) is 0 Å². The van der Waals surface area contributed by atoms with Crippen LogP contribution in [0.4, 0.5) is 4.39 Å². The van der Waals surface area contributed by atoms with Crippen LogP contribution in [0.1, 0.15) is 31.2 Å². The Morgan fingerprint density at radius 2 is 1.64 bits per heavy atom. The highest BCUT2D eigenvalue weighted by Gasteiger charge is 2.41. The lowest BCUT2D eigenvalue weighted by atomic mass is 9.89. The minimum absolute atomic E-state index is 0.0387. The molecule has 150 valence electrons. The van der Waals surface area contributed by atoms with Crippen molar-refractivity contribution in [2.24, 2.45) is 5.92 Å². The summed E-state index contributed by atoms with van der Waals surface area (Å²) in [6.45, 7) is 3.31. The fourth-order valence-electron chi connectivity index (χ4n) is 4.71. The van der Waals surface area contributed by atoms with Crippen LogP contribution in [0.15, 0.2) is 59.5 Å². The molecule has 0 aromatic heterocycles. The first-order valence-electron chi connectivity index (χ1n) is 10.1. The minimum atomic E-state index is -3.80. The van der Waals surface area contributed by atoms with Crippen LogP contribution in [0.25, 0.3) is 0 Å². The molecule has 2 fully saturated rings. The Balaban J connectivity index is 1.51. The van der Waals surface area contributed by atoms with E-state index in [-0.39, 0.29) is 10.9 Å². The standard InChI is InChI=1S/C22H27FN2O2S/c23-20-11-4-5-13-22(20)28(26,27)25-15-7-12-21(25)19-10-6-14-24(17-19)16-18-8-2-1-3-9-18/h1-5,8-9,11,13,19,21H,6-7,10,12,14-17H2/t19-,21-/m1/s1. The summed E-state index contributed by atoms with van der Waals surface area (Å²) < 4.78 is 42.1. The number of hydrogen-bond acceptors (Lipinski definition) is 3. The molecule has 2 heterocycles. The van der Waals surface area contributed by atoms with E-state index in [9.17, 15) is 12.8 Å². The van der Waals surface area contributed by atoms with Crippen molar-refractivity contribution in [2.45, 2.75) is 43.2 Å². The van der Waals surface area contributed by atoms with E-state index in [1.165, 1.54) is 23.8 Å². The molecule has 0 saturated carbocycles. The maximum Gasteiger partial charge on any atom is 0.246 e. The molecule has 0 N–H and O–H groups in total. The van der Waals surface area contributed by atoms with Crippen LogP contribution in [0.3, 0.4) is 0 Å². The lowest BCUT2D eigenvalue weighted by molar-refractivity contribution is 0.125. The van der Waals surface area contributed by atoms with Crippen LogP contribution in [0.2, 0.25) is 0 Å². The SMILES string of the molecule is O=S(=O)(c1ccccc1F)N1CCC[C@@H]1[C@@H]1CCCN(Cc2ccccc2)C1. The third-order valence-corrected chi connectivity index (χ3v) is 7.96. The number of benzene rings is 2. The van der Waals surface area contributed by atoms with Gasteiger partial charge in [0.25, 0.3) is 0 Å². The van der Waals surface area contributed by atoms with E-state index in [4.69, 9.17) is 0 Å². The quantitative estimate of drug-likeness (QED) is 0.762. The third-order valence-electron chi connectivity index (χ3n) is 6.01. The summed E-state index contributed by atoms with van der Waals surface area (Å²) in [5, 5.41) is 0. The Hall–Kier alpha value is -1.76. The maximum atomic E-state index is 14.2. The molecule has 0 unspecified atom stereocenters. The number of hydrogen-bond donors (Lipinski definition) is 0. The monoisotopic (exact) mass is 402 g/mol. The van der Waals surface area contributed by atoms with Crippen molar-refractivity contribution < 1.29 is 12.8 Å². The van der Waals surface area contributed by atoms with Crippen molar-refractivity contribution in [3.05, 3.63) is 66.0 Å². The number of halogens is 1. The van der Waals surface area contributed by atoms with Crippen LogP contribution in [-0.4, -0.2) is 43.3 Å². The molecule has 2 aliphatic rings. The summed E-state index contributed by atoms with van der Waals surface area (Å²) in [5.74, 6) is -0.371. The average molecular weight is 403 g/mol. The van der Waals surface area contributed by atoms with E-state index in [2.05, 4.69) is 29.2 Å². The summed E-state index contributed by atoms with van der Waals surface area (Å²) in [6, 6.07) is 16.1. The van der Waals surface area contributed by atoms with Gasteiger partial charge in [0.1, 0.15) is 10.7 Å². The molecular formula is C22H27FN2O2S. The Morgan fingerprint density at radius 3 is 2.43 bits per heavy atom. The van der Waals surface area contributed by atoms with Crippen molar-refractivity contribution >= 4 is 10.0 Å². The molecule has 0 spiro atoms. The fraction of sp³-hybridized carbons (Fsp3) is 0.455. The van der Waals surface area contributed by atoms with Gasteiger partial charge in [-0.05, 0) is 55.8 Å². The van der Waals surface area contributed by atoms with Crippen LogP contribution in [-0.2, 0) is 16.6 Å². The maximum absolute atomic E-state index is 14.2. The number of rotatable bonds is 5. The van der Waals surface area contributed by atoms with E-state index in [0.717, 1.165) is 45.3 Å². The highest BCUT2D eigenvalue weighted by molar-refractivity contribution is 7.89. The molecule has 2 saturated heterocycles. The molecule has 2 aromatic carbocycles. The van der Waals surface area contributed by atoms with Gasteiger partial charge in [-0.2, -0.15) is 4.31 Å². The third kappa shape index (κ3) is 4.00. The molecule has 2 atom stereocenters. The van der Waals surface area contributed by atoms with Gasteiger partial charge in [0, 0.05) is 25.7 Å². The summed E-state index contributed by atoms with van der Waals surface area (Å²) in [5.41, 5.74) is 1.28. The van der Waals surface area contributed by atoms with Crippen molar-refractivity contribution in [1.82, 2.24) is 9.21 Å². The second-order valence-electron chi connectivity index (χ2n) is 7.88. The summed E-state index contributed by atoms with van der Waals surface area (Å²) >= 11 is 0. The molecule has 0 bridgehead atoms. The average Bonchev–Trinajstić information content (AvgIpc) is 3.20. The van der Waals surface area contributed by atoms with Gasteiger partial charge in [-0.15, -0.1) is 0 Å².